The third-order valence-electron chi connectivity index (χ3n) is 2.96. The van der Waals surface area contributed by atoms with E-state index in [2.05, 4.69) is 20.5 Å². The Labute approximate surface area is 111 Å². The van der Waals surface area contributed by atoms with Crippen LogP contribution in [0.5, 0.6) is 0 Å². The lowest BCUT2D eigenvalue weighted by molar-refractivity contribution is -0.124. The Morgan fingerprint density at radius 2 is 2.26 bits per heavy atom. The number of nitrogens with zero attached hydrogens (tertiary/aromatic N) is 5. The molecule has 0 spiro atoms. The molecule has 0 saturated carbocycles. The molecule has 2 heterocycles. The highest BCUT2D eigenvalue weighted by atomic mass is 16.2. The van der Waals surface area contributed by atoms with E-state index < -0.39 is 0 Å². The largest absolute Gasteiger partial charge is 0.354 e. The Bertz CT molecular complexity index is 558. The molecule has 0 aliphatic carbocycles. The van der Waals surface area contributed by atoms with Crippen LogP contribution in [0.3, 0.4) is 0 Å². The summed E-state index contributed by atoms with van der Waals surface area (Å²) in [5, 5.41) is 11.0. The van der Waals surface area contributed by atoms with Gasteiger partial charge in [-0.25, -0.2) is 4.98 Å². The quantitative estimate of drug-likeness (QED) is 0.837. The lowest BCUT2D eigenvalue weighted by Gasteiger charge is -2.12. The fraction of sp³-hybridized carbons (Fsp3) is 0.500. The Balaban J connectivity index is 1.83. The summed E-state index contributed by atoms with van der Waals surface area (Å²) < 4.78 is 3.36. The highest BCUT2D eigenvalue weighted by Crippen LogP contribution is 2.05. The predicted molar refractivity (Wildman–Crippen MR) is 69.4 cm³/mol. The summed E-state index contributed by atoms with van der Waals surface area (Å²) in [7, 11) is 1.83. The van der Waals surface area contributed by atoms with Crippen molar-refractivity contribution < 1.29 is 4.79 Å². The fourth-order valence-corrected chi connectivity index (χ4v) is 1.76. The Morgan fingerprint density at radius 1 is 1.47 bits per heavy atom. The normalized spacial score (nSPS) is 12.4. The summed E-state index contributed by atoms with van der Waals surface area (Å²) in [6.45, 7) is 4.31. The molecule has 19 heavy (non-hydrogen) atoms. The summed E-state index contributed by atoms with van der Waals surface area (Å²) >= 11 is 0. The van der Waals surface area contributed by atoms with Gasteiger partial charge in [0.1, 0.15) is 18.2 Å². The van der Waals surface area contributed by atoms with Crippen LogP contribution >= 0.6 is 0 Å². The van der Waals surface area contributed by atoms with Crippen LogP contribution < -0.4 is 5.32 Å². The maximum atomic E-state index is 12.0. The van der Waals surface area contributed by atoms with Crippen molar-refractivity contribution in [3.05, 3.63) is 30.1 Å². The van der Waals surface area contributed by atoms with Crippen molar-refractivity contribution in [2.45, 2.75) is 26.3 Å². The molecule has 0 radical (unpaired) electrons. The molecule has 2 aromatic heterocycles. The minimum atomic E-state index is -0.312. The smallest absolute Gasteiger partial charge is 0.244 e. The first-order valence-electron chi connectivity index (χ1n) is 6.19. The summed E-state index contributed by atoms with van der Waals surface area (Å²) in [5.74, 6) is 0.799. The molecule has 0 aliphatic heterocycles. The molecule has 0 bridgehead atoms. The summed E-state index contributed by atoms with van der Waals surface area (Å²) in [6.07, 6.45) is 5.76. The SMILES string of the molecule is Cc1cnn([C@@H](C)C(=O)NCCc2ncnn2C)c1. The summed E-state index contributed by atoms with van der Waals surface area (Å²) in [5.41, 5.74) is 1.04. The second-order valence-corrected chi connectivity index (χ2v) is 4.51. The van der Waals surface area contributed by atoms with E-state index in [9.17, 15) is 4.79 Å². The molecule has 0 fully saturated rings. The van der Waals surface area contributed by atoms with Crippen molar-refractivity contribution in [2.75, 3.05) is 6.54 Å². The van der Waals surface area contributed by atoms with Crippen LogP contribution in [0.15, 0.2) is 18.7 Å². The zero-order valence-corrected chi connectivity index (χ0v) is 11.4. The van der Waals surface area contributed by atoms with Gasteiger partial charge in [-0.05, 0) is 19.4 Å². The van der Waals surface area contributed by atoms with Gasteiger partial charge in [-0.3, -0.25) is 14.2 Å². The van der Waals surface area contributed by atoms with Crippen molar-refractivity contribution in [1.29, 1.82) is 0 Å². The second-order valence-electron chi connectivity index (χ2n) is 4.51. The molecule has 7 heteroatoms. The number of aromatic nitrogens is 5. The molecule has 102 valence electrons. The van der Waals surface area contributed by atoms with Crippen LogP contribution in [0.4, 0.5) is 0 Å². The maximum Gasteiger partial charge on any atom is 0.244 e. The number of rotatable bonds is 5. The van der Waals surface area contributed by atoms with Crippen molar-refractivity contribution in [1.82, 2.24) is 29.9 Å². The van der Waals surface area contributed by atoms with Crippen molar-refractivity contribution in [3.63, 3.8) is 0 Å². The number of nitrogens with one attached hydrogen (secondary N) is 1. The van der Waals surface area contributed by atoms with Crippen LogP contribution in [-0.2, 0) is 18.3 Å². The first-order chi connectivity index (χ1) is 9.08. The van der Waals surface area contributed by atoms with Gasteiger partial charge in [-0.1, -0.05) is 0 Å². The first-order valence-corrected chi connectivity index (χ1v) is 6.19. The van der Waals surface area contributed by atoms with E-state index >= 15 is 0 Å². The molecule has 1 amide bonds. The van der Waals surface area contributed by atoms with Gasteiger partial charge >= 0.3 is 0 Å². The molecule has 1 atom stereocenters. The van der Waals surface area contributed by atoms with Crippen molar-refractivity contribution >= 4 is 5.91 Å². The molecule has 0 unspecified atom stereocenters. The average Bonchev–Trinajstić information content (AvgIpc) is 2.98. The minimum Gasteiger partial charge on any atom is -0.354 e. The number of hydrogen-bond donors (Lipinski definition) is 1. The molecule has 0 aromatic carbocycles. The van der Waals surface area contributed by atoms with Gasteiger partial charge in [0, 0.05) is 26.2 Å². The highest BCUT2D eigenvalue weighted by Gasteiger charge is 2.15. The number of amides is 1. The number of carbonyl (C=O) groups is 1. The van der Waals surface area contributed by atoms with Gasteiger partial charge < -0.3 is 5.32 Å². The number of hydrogen-bond acceptors (Lipinski definition) is 4. The molecular weight excluding hydrogens is 244 g/mol. The standard InChI is InChI=1S/C12H18N6O/c1-9-6-15-18(7-9)10(2)12(19)13-5-4-11-14-8-16-17(11)3/h6-8,10H,4-5H2,1-3H3,(H,13,19)/t10-/m0/s1. The van der Waals surface area contributed by atoms with E-state index in [1.54, 1.807) is 15.6 Å². The third kappa shape index (κ3) is 3.18. The summed E-state index contributed by atoms with van der Waals surface area (Å²) in [4.78, 5) is 16.1. The van der Waals surface area contributed by atoms with Crippen molar-refractivity contribution in [2.24, 2.45) is 7.05 Å². The van der Waals surface area contributed by atoms with Crippen LogP contribution in [0.1, 0.15) is 24.4 Å². The predicted octanol–water partition coefficient (Wildman–Crippen LogP) is 0.240. The molecule has 7 nitrogen and oxygen atoms in total. The molecule has 0 saturated heterocycles. The molecular formula is C12H18N6O. The van der Waals surface area contributed by atoms with E-state index in [0.29, 0.717) is 13.0 Å². The van der Waals surface area contributed by atoms with E-state index in [1.807, 2.05) is 27.1 Å². The monoisotopic (exact) mass is 262 g/mol. The number of aryl methyl sites for hydroxylation is 2. The van der Waals surface area contributed by atoms with Crippen LogP contribution in [-0.4, -0.2) is 37.0 Å². The first kappa shape index (κ1) is 13.3. The Hall–Kier alpha value is -2.18. The van der Waals surface area contributed by atoms with Gasteiger partial charge in [-0.15, -0.1) is 0 Å². The number of carbonyl (C=O) groups excluding carboxylic acids is 1. The van der Waals surface area contributed by atoms with E-state index in [-0.39, 0.29) is 11.9 Å². The highest BCUT2D eigenvalue weighted by molar-refractivity contribution is 5.79. The minimum absolute atomic E-state index is 0.0507. The Morgan fingerprint density at radius 3 is 2.84 bits per heavy atom. The second kappa shape index (κ2) is 5.64. The van der Waals surface area contributed by atoms with Gasteiger partial charge in [0.25, 0.3) is 0 Å². The average molecular weight is 262 g/mol. The maximum absolute atomic E-state index is 12.0. The lowest BCUT2D eigenvalue weighted by Crippen LogP contribution is -2.33. The van der Waals surface area contributed by atoms with E-state index in [1.165, 1.54) is 6.33 Å². The van der Waals surface area contributed by atoms with Gasteiger partial charge in [-0.2, -0.15) is 10.2 Å². The topological polar surface area (TPSA) is 77.6 Å². The molecule has 1 N–H and O–H groups in total. The molecule has 0 aliphatic rings. The lowest BCUT2D eigenvalue weighted by atomic mass is 10.3. The molecule has 2 rings (SSSR count). The van der Waals surface area contributed by atoms with Gasteiger partial charge in [0.15, 0.2) is 0 Å². The fourth-order valence-electron chi connectivity index (χ4n) is 1.76. The third-order valence-corrected chi connectivity index (χ3v) is 2.96. The zero-order valence-electron chi connectivity index (χ0n) is 11.4. The van der Waals surface area contributed by atoms with E-state index in [4.69, 9.17) is 0 Å². The van der Waals surface area contributed by atoms with Crippen LogP contribution in [0, 0.1) is 6.92 Å². The zero-order chi connectivity index (χ0) is 13.8. The van der Waals surface area contributed by atoms with Gasteiger partial charge in [0.2, 0.25) is 5.91 Å². The Kier molecular flexibility index (Phi) is 3.94. The van der Waals surface area contributed by atoms with Crippen molar-refractivity contribution in [3.8, 4) is 0 Å². The van der Waals surface area contributed by atoms with Crippen LogP contribution in [0.25, 0.3) is 0 Å². The van der Waals surface area contributed by atoms with Crippen LogP contribution in [0.2, 0.25) is 0 Å². The van der Waals surface area contributed by atoms with E-state index in [0.717, 1.165) is 11.4 Å². The summed E-state index contributed by atoms with van der Waals surface area (Å²) in [6, 6.07) is -0.312. The van der Waals surface area contributed by atoms with Gasteiger partial charge in [0.05, 0.1) is 6.20 Å². The molecule has 2 aromatic rings.